The molecule has 110 valence electrons. The molecular formula is C15H16ClN3O2. The van der Waals surface area contributed by atoms with E-state index in [0.29, 0.717) is 10.8 Å². The first kappa shape index (κ1) is 15.1. The predicted octanol–water partition coefficient (Wildman–Crippen LogP) is 2.77. The highest BCUT2D eigenvalue weighted by Crippen LogP contribution is 2.21. The van der Waals surface area contributed by atoms with Gasteiger partial charge in [0, 0.05) is 12.2 Å². The van der Waals surface area contributed by atoms with Gasteiger partial charge in [-0.05, 0) is 36.8 Å². The number of nitrogens with zero attached hydrogens (tertiary/aromatic N) is 1. The van der Waals surface area contributed by atoms with Crippen LogP contribution in [-0.4, -0.2) is 17.5 Å². The Morgan fingerprint density at radius 1 is 1.33 bits per heavy atom. The van der Waals surface area contributed by atoms with Crippen molar-refractivity contribution in [1.82, 2.24) is 4.98 Å². The standard InChI is InChI=1S/C15H16ClN3O2/c1-10(19-15-7-4-12(16)8-18-15)11-2-5-13(6-3-11)21-9-14(17)20/h2-8,10H,9H2,1H3,(H2,17,20)(H,18,19). The second-order valence-electron chi connectivity index (χ2n) is 4.55. The van der Waals surface area contributed by atoms with Crippen LogP contribution in [0.2, 0.25) is 5.02 Å². The lowest BCUT2D eigenvalue weighted by molar-refractivity contribution is -0.119. The third-order valence-electron chi connectivity index (χ3n) is 2.85. The minimum absolute atomic E-state index is 0.0730. The molecule has 0 aliphatic heterocycles. The lowest BCUT2D eigenvalue weighted by Gasteiger charge is -2.15. The van der Waals surface area contributed by atoms with Crippen molar-refractivity contribution in [3.05, 3.63) is 53.2 Å². The Bertz CT molecular complexity index is 599. The van der Waals surface area contributed by atoms with Crippen molar-refractivity contribution >= 4 is 23.3 Å². The van der Waals surface area contributed by atoms with Gasteiger partial charge in [-0.2, -0.15) is 0 Å². The quantitative estimate of drug-likeness (QED) is 0.860. The van der Waals surface area contributed by atoms with E-state index in [1.54, 1.807) is 24.4 Å². The summed E-state index contributed by atoms with van der Waals surface area (Å²) in [5.41, 5.74) is 6.09. The minimum atomic E-state index is -0.497. The number of rotatable bonds is 6. The van der Waals surface area contributed by atoms with Crippen molar-refractivity contribution < 1.29 is 9.53 Å². The molecule has 1 amide bonds. The zero-order valence-corrected chi connectivity index (χ0v) is 12.3. The van der Waals surface area contributed by atoms with Crippen LogP contribution in [0.15, 0.2) is 42.6 Å². The number of nitrogens with one attached hydrogen (secondary N) is 1. The van der Waals surface area contributed by atoms with E-state index in [0.717, 1.165) is 11.4 Å². The van der Waals surface area contributed by atoms with Gasteiger partial charge in [0.25, 0.3) is 5.91 Å². The smallest absolute Gasteiger partial charge is 0.255 e. The van der Waals surface area contributed by atoms with Crippen LogP contribution in [0.5, 0.6) is 5.75 Å². The Morgan fingerprint density at radius 2 is 2.05 bits per heavy atom. The Kier molecular flexibility index (Phi) is 5.00. The number of benzene rings is 1. The van der Waals surface area contributed by atoms with Crippen LogP contribution in [-0.2, 0) is 4.79 Å². The largest absolute Gasteiger partial charge is 0.484 e. The number of aromatic nitrogens is 1. The zero-order chi connectivity index (χ0) is 15.2. The fraction of sp³-hybridized carbons (Fsp3) is 0.200. The van der Waals surface area contributed by atoms with E-state index >= 15 is 0 Å². The summed E-state index contributed by atoms with van der Waals surface area (Å²) in [6.07, 6.45) is 1.59. The summed E-state index contributed by atoms with van der Waals surface area (Å²) in [6, 6.07) is 11.1. The molecule has 0 spiro atoms. The van der Waals surface area contributed by atoms with Crippen molar-refractivity contribution in [2.75, 3.05) is 11.9 Å². The fourth-order valence-corrected chi connectivity index (χ4v) is 1.89. The van der Waals surface area contributed by atoms with E-state index in [-0.39, 0.29) is 12.6 Å². The molecule has 0 saturated heterocycles. The van der Waals surface area contributed by atoms with Gasteiger partial charge in [0.05, 0.1) is 5.02 Å². The third kappa shape index (κ3) is 4.65. The average molecular weight is 306 g/mol. The predicted molar refractivity (Wildman–Crippen MR) is 82.4 cm³/mol. The molecule has 2 aromatic rings. The van der Waals surface area contributed by atoms with Crippen LogP contribution < -0.4 is 15.8 Å². The molecule has 0 aliphatic rings. The van der Waals surface area contributed by atoms with Gasteiger partial charge in [-0.1, -0.05) is 23.7 Å². The maximum atomic E-state index is 10.6. The van der Waals surface area contributed by atoms with E-state index in [4.69, 9.17) is 22.1 Å². The number of ether oxygens (including phenoxy) is 1. The highest BCUT2D eigenvalue weighted by molar-refractivity contribution is 6.30. The van der Waals surface area contributed by atoms with Crippen molar-refractivity contribution in [1.29, 1.82) is 0 Å². The van der Waals surface area contributed by atoms with Crippen LogP contribution in [0.4, 0.5) is 5.82 Å². The second-order valence-corrected chi connectivity index (χ2v) is 4.99. The molecule has 0 saturated carbocycles. The molecule has 6 heteroatoms. The number of carbonyl (C=O) groups is 1. The SMILES string of the molecule is CC(Nc1ccc(Cl)cn1)c1ccc(OCC(N)=O)cc1. The average Bonchev–Trinajstić information content (AvgIpc) is 2.48. The van der Waals surface area contributed by atoms with Gasteiger partial charge in [-0.25, -0.2) is 4.98 Å². The van der Waals surface area contributed by atoms with Gasteiger partial charge < -0.3 is 15.8 Å². The molecule has 1 atom stereocenters. The Labute approximate surface area is 128 Å². The summed E-state index contributed by atoms with van der Waals surface area (Å²) in [6.45, 7) is 1.90. The summed E-state index contributed by atoms with van der Waals surface area (Å²) in [5, 5.41) is 3.87. The summed E-state index contributed by atoms with van der Waals surface area (Å²) < 4.78 is 5.21. The van der Waals surface area contributed by atoms with Crippen LogP contribution in [0, 0.1) is 0 Å². The Balaban J connectivity index is 1.97. The highest BCUT2D eigenvalue weighted by Gasteiger charge is 2.06. The summed E-state index contributed by atoms with van der Waals surface area (Å²) in [7, 11) is 0. The van der Waals surface area contributed by atoms with Gasteiger partial charge in [0.2, 0.25) is 0 Å². The van der Waals surface area contributed by atoms with E-state index < -0.39 is 5.91 Å². The van der Waals surface area contributed by atoms with E-state index in [1.165, 1.54) is 0 Å². The first-order valence-corrected chi connectivity index (χ1v) is 6.81. The van der Waals surface area contributed by atoms with Crippen molar-refractivity contribution in [3.8, 4) is 5.75 Å². The third-order valence-corrected chi connectivity index (χ3v) is 3.08. The number of carbonyl (C=O) groups excluding carboxylic acids is 1. The number of pyridine rings is 1. The van der Waals surface area contributed by atoms with Crippen molar-refractivity contribution in [2.45, 2.75) is 13.0 Å². The summed E-state index contributed by atoms with van der Waals surface area (Å²) in [5.74, 6) is 0.859. The number of hydrogen-bond acceptors (Lipinski definition) is 4. The minimum Gasteiger partial charge on any atom is -0.484 e. The van der Waals surface area contributed by atoms with E-state index in [1.807, 2.05) is 25.1 Å². The molecule has 3 N–H and O–H groups in total. The number of primary amides is 1. The molecule has 5 nitrogen and oxygen atoms in total. The fourth-order valence-electron chi connectivity index (χ4n) is 1.77. The van der Waals surface area contributed by atoms with Gasteiger partial charge in [0.1, 0.15) is 11.6 Å². The number of halogens is 1. The lowest BCUT2D eigenvalue weighted by Crippen LogP contribution is -2.20. The molecule has 21 heavy (non-hydrogen) atoms. The number of amides is 1. The molecule has 2 rings (SSSR count). The maximum absolute atomic E-state index is 10.6. The van der Waals surface area contributed by atoms with Crippen LogP contribution >= 0.6 is 11.6 Å². The lowest BCUT2D eigenvalue weighted by atomic mass is 10.1. The molecule has 1 heterocycles. The molecule has 0 radical (unpaired) electrons. The van der Waals surface area contributed by atoms with Crippen LogP contribution in [0.25, 0.3) is 0 Å². The summed E-state index contributed by atoms with van der Waals surface area (Å²) >= 11 is 5.80. The second kappa shape index (κ2) is 6.95. The molecule has 0 bridgehead atoms. The highest BCUT2D eigenvalue weighted by atomic mass is 35.5. The monoisotopic (exact) mass is 305 g/mol. The molecule has 0 fully saturated rings. The normalized spacial score (nSPS) is 11.7. The molecular weight excluding hydrogens is 290 g/mol. The van der Waals surface area contributed by atoms with Gasteiger partial charge in [-0.15, -0.1) is 0 Å². The van der Waals surface area contributed by atoms with Gasteiger partial charge in [-0.3, -0.25) is 4.79 Å². The van der Waals surface area contributed by atoms with Crippen LogP contribution in [0.3, 0.4) is 0 Å². The number of hydrogen-bond donors (Lipinski definition) is 2. The van der Waals surface area contributed by atoms with Crippen LogP contribution in [0.1, 0.15) is 18.5 Å². The molecule has 1 unspecified atom stereocenters. The Morgan fingerprint density at radius 3 is 2.62 bits per heavy atom. The topological polar surface area (TPSA) is 77.2 Å². The van der Waals surface area contributed by atoms with Crippen molar-refractivity contribution in [2.24, 2.45) is 5.73 Å². The molecule has 1 aromatic carbocycles. The maximum Gasteiger partial charge on any atom is 0.255 e. The van der Waals surface area contributed by atoms with Crippen molar-refractivity contribution in [3.63, 3.8) is 0 Å². The Hall–Kier alpha value is -2.27. The van der Waals surface area contributed by atoms with E-state index in [2.05, 4.69) is 10.3 Å². The first-order chi connectivity index (χ1) is 10.0. The number of anilines is 1. The van der Waals surface area contributed by atoms with Gasteiger partial charge in [0.15, 0.2) is 6.61 Å². The molecule has 0 aliphatic carbocycles. The number of nitrogens with two attached hydrogens (primary N) is 1. The first-order valence-electron chi connectivity index (χ1n) is 6.44. The zero-order valence-electron chi connectivity index (χ0n) is 11.5. The molecule has 1 aromatic heterocycles. The van der Waals surface area contributed by atoms with Gasteiger partial charge >= 0.3 is 0 Å². The van der Waals surface area contributed by atoms with E-state index in [9.17, 15) is 4.79 Å². The summed E-state index contributed by atoms with van der Waals surface area (Å²) in [4.78, 5) is 14.8.